The minimum Gasteiger partial charge on any atom is -0.478 e. The van der Waals surface area contributed by atoms with Crippen LogP contribution in [0.3, 0.4) is 0 Å². The van der Waals surface area contributed by atoms with Gasteiger partial charge in [-0.25, -0.2) is 9.78 Å². The third-order valence-corrected chi connectivity index (χ3v) is 4.40. The summed E-state index contributed by atoms with van der Waals surface area (Å²) in [4.78, 5) is 20.5. The molecule has 0 aliphatic heterocycles. The SMILES string of the molecule is Cc1csc(Sc2cc(C)nc(C)c2C(=O)O)n1. The number of nitrogens with zero attached hydrogens (tertiary/aromatic N) is 2. The number of rotatable bonds is 3. The van der Waals surface area contributed by atoms with Crippen LogP contribution < -0.4 is 0 Å². The fourth-order valence-corrected chi connectivity index (χ4v) is 3.68. The second kappa shape index (κ2) is 5.07. The maximum atomic E-state index is 11.3. The second-order valence-electron chi connectivity index (χ2n) is 3.88. The number of aromatic nitrogens is 2. The third-order valence-electron chi connectivity index (χ3n) is 2.30. The van der Waals surface area contributed by atoms with Crippen LogP contribution in [0.2, 0.25) is 0 Å². The summed E-state index contributed by atoms with van der Waals surface area (Å²) in [5, 5.41) is 11.2. The number of aryl methyl sites for hydroxylation is 3. The van der Waals surface area contributed by atoms with E-state index in [0.29, 0.717) is 10.6 Å². The van der Waals surface area contributed by atoms with E-state index in [1.807, 2.05) is 19.2 Å². The van der Waals surface area contributed by atoms with Crippen molar-refractivity contribution in [3.8, 4) is 0 Å². The minimum absolute atomic E-state index is 0.262. The van der Waals surface area contributed by atoms with Gasteiger partial charge in [0.1, 0.15) is 0 Å². The number of carboxylic acids is 1. The van der Waals surface area contributed by atoms with E-state index in [-0.39, 0.29) is 5.56 Å². The van der Waals surface area contributed by atoms with Crippen molar-refractivity contribution in [2.75, 3.05) is 0 Å². The Morgan fingerprint density at radius 2 is 2.00 bits per heavy atom. The molecule has 0 amide bonds. The van der Waals surface area contributed by atoms with E-state index in [2.05, 4.69) is 9.97 Å². The van der Waals surface area contributed by atoms with E-state index in [4.69, 9.17) is 0 Å². The largest absolute Gasteiger partial charge is 0.478 e. The van der Waals surface area contributed by atoms with Gasteiger partial charge in [0, 0.05) is 21.7 Å². The molecular formula is C12H12N2O2S2. The molecule has 18 heavy (non-hydrogen) atoms. The number of hydrogen-bond acceptors (Lipinski definition) is 5. The van der Waals surface area contributed by atoms with Gasteiger partial charge in [-0.1, -0.05) is 11.8 Å². The van der Waals surface area contributed by atoms with Gasteiger partial charge in [-0.3, -0.25) is 4.98 Å². The molecule has 0 spiro atoms. The molecule has 4 nitrogen and oxygen atoms in total. The molecule has 2 rings (SSSR count). The Hall–Kier alpha value is -1.40. The smallest absolute Gasteiger partial charge is 0.338 e. The topological polar surface area (TPSA) is 63.1 Å². The van der Waals surface area contributed by atoms with Crippen molar-refractivity contribution in [2.45, 2.75) is 30.0 Å². The van der Waals surface area contributed by atoms with Crippen molar-refractivity contribution >= 4 is 29.1 Å². The van der Waals surface area contributed by atoms with Crippen molar-refractivity contribution in [3.63, 3.8) is 0 Å². The molecular weight excluding hydrogens is 268 g/mol. The highest BCUT2D eigenvalue weighted by Crippen LogP contribution is 2.33. The first-order chi connectivity index (χ1) is 8.47. The lowest BCUT2D eigenvalue weighted by Crippen LogP contribution is -2.05. The molecule has 0 atom stereocenters. The van der Waals surface area contributed by atoms with Crippen LogP contribution in [-0.2, 0) is 0 Å². The highest BCUT2D eigenvalue weighted by Gasteiger charge is 2.17. The zero-order valence-corrected chi connectivity index (χ0v) is 11.9. The molecule has 2 aromatic rings. The number of pyridine rings is 1. The quantitative estimate of drug-likeness (QED) is 0.934. The average Bonchev–Trinajstić information content (AvgIpc) is 2.62. The summed E-state index contributed by atoms with van der Waals surface area (Å²) in [6.07, 6.45) is 0. The van der Waals surface area contributed by atoms with Crippen molar-refractivity contribution in [3.05, 3.63) is 34.1 Å². The molecule has 2 aromatic heterocycles. The van der Waals surface area contributed by atoms with Crippen LogP contribution in [0.25, 0.3) is 0 Å². The third kappa shape index (κ3) is 2.70. The van der Waals surface area contributed by atoms with Crippen LogP contribution in [-0.4, -0.2) is 21.0 Å². The zero-order chi connectivity index (χ0) is 13.3. The lowest BCUT2D eigenvalue weighted by atomic mass is 10.2. The van der Waals surface area contributed by atoms with E-state index in [0.717, 1.165) is 15.7 Å². The Morgan fingerprint density at radius 3 is 2.56 bits per heavy atom. The maximum Gasteiger partial charge on any atom is 0.338 e. The van der Waals surface area contributed by atoms with Gasteiger partial charge in [-0.05, 0) is 26.8 Å². The summed E-state index contributed by atoms with van der Waals surface area (Å²) in [6.45, 7) is 5.49. The van der Waals surface area contributed by atoms with Gasteiger partial charge < -0.3 is 5.11 Å². The van der Waals surface area contributed by atoms with Crippen molar-refractivity contribution in [1.29, 1.82) is 0 Å². The summed E-state index contributed by atoms with van der Waals surface area (Å²) >= 11 is 2.89. The van der Waals surface area contributed by atoms with Crippen molar-refractivity contribution < 1.29 is 9.90 Å². The Labute approximate surface area is 113 Å². The fraction of sp³-hybridized carbons (Fsp3) is 0.250. The molecule has 0 fully saturated rings. The number of thiazole rings is 1. The van der Waals surface area contributed by atoms with Crippen molar-refractivity contribution in [2.24, 2.45) is 0 Å². The van der Waals surface area contributed by atoms with Crippen LogP contribution in [0, 0.1) is 20.8 Å². The summed E-state index contributed by atoms with van der Waals surface area (Å²) in [5.74, 6) is -0.948. The highest BCUT2D eigenvalue weighted by atomic mass is 32.2. The summed E-state index contributed by atoms with van der Waals surface area (Å²) in [7, 11) is 0. The fourth-order valence-electron chi connectivity index (χ4n) is 1.61. The van der Waals surface area contributed by atoms with Crippen LogP contribution in [0.1, 0.15) is 27.4 Å². The van der Waals surface area contributed by atoms with Gasteiger partial charge in [-0.2, -0.15) is 0 Å². The Bertz CT molecular complexity index is 608. The predicted molar refractivity (Wildman–Crippen MR) is 71.6 cm³/mol. The molecule has 0 aromatic carbocycles. The standard InChI is InChI=1S/C12H12N2O2S2/c1-6-4-9(10(11(15)16)8(3)13-6)18-12-14-7(2)5-17-12/h4-5H,1-3H3,(H,15,16). The molecule has 94 valence electrons. The van der Waals surface area contributed by atoms with Gasteiger partial charge in [0.05, 0.1) is 11.3 Å². The minimum atomic E-state index is -0.948. The van der Waals surface area contributed by atoms with E-state index in [1.54, 1.807) is 13.0 Å². The Morgan fingerprint density at radius 1 is 1.28 bits per heavy atom. The van der Waals surface area contributed by atoms with Gasteiger partial charge >= 0.3 is 5.97 Å². The first kappa shape index (κ1) is 13.0. The van der Waals surface area contributed by atoms with Crippen molar-refractivity contribution in [1.82, 2.24) is 9.97 Å². The van der Waals surface area contributed by atoms with Crippen LogP contribution in [0.4, 0.5) is 0 Å². The monoisotopic (exact) mass is 280 g/mol. The van der Waals surface area contributed by atoms with E-state index < -0.39 is 5.97 Å². The van der Waals surface area contributed by atoms with Gasteiger partial charge in [-0.15, -0.1) is 11.3 Å². The molecule has 0 saturated heterocycles. The highest BCUT2D eigenvalue weighted by molar-refractivity contribution is 8.01. The van der Waals surface area contributed by atoms with E-state index in [9.17, 15) is 9.90 Å². The number of hydrogen-bond donors (Lipinski definition) is 1. The van der Waals surface area contributed by atoms with Crippen LogP contribution >= 0.6 is 23.1 Å². The molecule has 0 radical (unpaired) electrons. The van der Waals surface area contributed by atoms with E-state index >= 15 is 0 Å². The summed E-state index contributed by atoms with van der Waals surface area (Å²) in [6, 6.07) is 1.79. The molecule has 0 aliphatic carbocycles. The molecule has 0 saturated carbocycles. The molecule has 0 aliphatic rings. The molecule has 6 heteroatoms. The first-order valence-corrected chi connectivity index (χ1v) is 6.98. The van der Waals surface area contributed by atoms with Crippen LogP contribution in [0.15, 0.2) is 20.7 Å². The van der Waals surface area contributed by atoms with Gasteiger partial charge in [0.2, 0.25) is 0 Å². The zero-order valence-electron chi connectivity index (χ0n) is 10.2. The normalized spacial score (nSPS) is 10.6. The summed E-state index contributed by atoms with van der Waals surface area (Å²) < 4.78 is 0.847. The molecule has 1 N–H and O–H groups in total. The number of aromatic carboxylic acids is 1. The average molecular weight is 280 g/mol. The Kier molecular flexibility index (Phi) is 3.68. The number of carboxylic acid groups (broad SMARTS) is 1. The van der Waals surface area contributed by atoms with Gasteiger partial charge in [0.25, 0.3) is 0 Å². The lowest BCUT2D eigenvalue weighted by Gasteiger charge is -2.07. The van der Waals surface area contributed by atoms with Gasteiger partial charge in [0.15, 0.2) is 4.34 Å². The number of carbonyl (C=O) groups is 1. The first-order valence-electron chi connectivity index (χ1n) is 5.29. The van der Waals surface area contributed by atoms with Crippen LogP contribution in [0.5, 0.6) is 0 Å². The lowest BCUT2D eigenvalue weighted by molar-refractivity contribution is 0.0691. The molecule has 2 heterocycles. The van der Waals surface area contributed by atoms with E-state index in [1.165, 1.54) is 23.1 Å². The predicted octanol–water partition coefficient (Wildman–Crippen LogP) is 3.31. The molecule has 0 bridgehead atoms. The summed E-state index contributed by atoms with van der Waals surface area (Å²) in [5.41, 5.74) is 2.56. The Balaban J connectivity index is 2.45. The molecule has 0 unspecified atom stereocenters. The second-order valence-corrected chi connectivity index (χ2v) is 6.03. The maximum absolute atomic E-state index is 11.3.